The molecule has 270 valence electrons. The summed E-state index contributed by atoms with van der Waals surface area (Å²) < 4.78 is 99.6. The lowest BCUT2D eigenvalue weighted by Gasteiger charge is -2.37. The molecule has 2 aromatic rings. The van der Waals surface area contributed by atoms with E-state index in [4.69, 9.17) is 13.6 Å². The van der Waals surface area contributed by atoms with Gasteiger partial charge in [-0.25, -0.2) is 13.2 Å². The summed E-state index contributed by atoms with van der Waals surface area (Å²) in [7, 11) is -4.11. The van der Waals surface area contributed by atoms with E-state index in [0.717, 1.165) is 28.8 Å². The molecule has 2 unspecified atom stereocenters. The topological polar surface area (TPSA) is 47.9 Å². The Kier molecular flexibility index (Phi) is 13.6. The SMILES string of the molecule is CC(O)(C=CC=C(c1cccc(OCc2ccc(CO[Si](C)(C)C(C)(C)C)c(CO[Si](C)(C)C(C)(C)C)c2)c1)C(F)C(F)F)C(F)(F)F. The maximum Gasteiger partial charge on any atom is 0.420 e. The molecule has 0 aliphatic heterocycles. The van der Waals surface area contributed by atoms with Crippen LogP contribution >= 0.6 is 0 Å². The van der Waals surface area contributed by atoms with E-state index in [1.54, 1.807) is 6.07 Å². The molecule has 0 aliphatic rings. The summed E-state index contributed by atoms with van der Waals surface area (Å²) in [5.74, 6) is 0.246. The summed E-state index contributed by atoms with van der Waals surface area (Å²) in [6.07, 6.45) is -9.33. The van der Waals surface area contributed by atoms with Crippen LogP contribution in [0.2, 0.25) is 36.3 Å². The molecule has 48 heavy (non-hydrogen) atoms. The van der Waals surface area contributed by atoms with Crippen LogP contribution in [-0.4, -0.2) is 46.1 Å². The molecule has 2 aromatic carbocycles. The molecule has 0 aromatic heterocycles. The lowest BCUT2D eigenvalue weighted by Crippen LogP contribution is -2.41. The third kappa shape index (κ3) is 11.3. The Bertz CT molecular complexity index is 1420. The van der Waals surface area contributed by atoms with Gasteiger partial charge >= 0.3 is 6.18 Å². The highest BCUT2D eigenvalue weighted by molar-refractivity contribution is 6.74. The number of aliphatic hydroxyl groups is 1. The Balaban J connectivity index is 2.38. The van der Waals surface area contributed by atoms with Gasteiger partial charge in [-0.05, 0) is 95.3 Å². The largest absolute Gasteiger partial charge is 0.489 e. The van der Waals surface area contributed by atoms with E-state index in [1.807, 2.05) is 18.2 Å². The van der Waals surface area contributed by atoms with Crippen molar-refractivity contribution in [2.24, 2.45) is 0 Å². The molecule has 0 radical (unpaired) electrons. The quantitative estimate of drug-likeness (QED) is 0.120. The van der Waals surface area contributed by atoms with Crippen molar-refractivity contribution in [3.8, 4) is 5.75 Å². The van der Waals surface area contributed by atoms with E-state index >= 15 is 0 Å². The Morgan fingerprint density at radius 1 is 0.771 bits per heavy atom. The first kappa shape index (κ1) is 41.8. The van der Waals surface area contributed by atoms with Gasteiger partial charge in [0.15, 0.2) is 28.4 Å². The van der Waals surface area contributed by atoms with Gasteiger partial charge in [0.1, 0.15) is 12.4 Å². The van der Waals surface area contributed by atoms with Gasteiger partial charge in [-0.15, -0.1) is 0 Å². The summed E-state index contributed by atoms with van der Waals surface area (Å²) in [4.78, 5) is 0. The molecule has 0 saturated carbocycles. The average molecular weight is 719 g/mol. The van der Waals surface area contributed by atoms with Crippen LogP contribution < -0.4 is 4.74 Å². The van der Waals surface area contributed by atoms with Gasteiger partial charge in [-0.1, -0.05) is 78.0 Å². The Labute approximate surface area is 284 Å². The molecule has 1 N–H and O–H groups in total. The van der Waals surface area contributed by atoms with Crippen molar-refractivity contribution in [1.82, 2.24) is 0 Å². The smallest absolute Gasteiger partial charge is 0.420 e. The zero-order chi connectivity index (χ0) is 36.9. The number of hydrogen-bond donors (Lipinski definition) is 1. The molecule has 0 spiro atoms. The van der Waals surface area contributed by atoms with Crippen molar-refractivity contribution in [2.45, 2.75) is 129 Å². The highest BCUT2D eigenvalue weighted by Crippen LogP contribution is 2.39. The van der Waals surface area contributed by atoms with Crippen LogP contribution in [0.3, 0.4) is 0 Å². The van der Waals surface area contributed by atoms with Gasteiger partial charge in [0.05, 0.1) is 13.2 Å². The lowest BCUT2D eigenvalue weighted by molar-refractivity contribution is -0.232. The zero-order valence-corrected chi connectivity index (χ0v) is 32.0. The number of allylic oxidation sites excluding steroid dienone is 3. The van der Waals surface area contributed by atoms with Crippen molar-refractivity contribution in [1.29, 1.82) is 0 Å². The van der Waals surface area contributed by atoms with Gasteiger partial charge in [0, 0.05) is 0 Å². The molecule has 0 fully saturated rings. The van der Waals surface area contributed by atoms with Crippen LogP contribution in [0.5, 0.6) is 5.75 Å². The molecular weight excluding hydrogens is 667 g/mol. The number of benzene rings is 2. The highest BCUT2D eigenvalue weighted by atomic mass is 28.4. The van der Waals surface area contributed by atoms with Crippen LogP contribution in [0.25, 0.3) is 5.57 Å². The lowest BCUT2D eigenvalue weighted by atomic mass is 9.99. The number of rotatable bonds is 14. The van der Waals surface area contributed by atoms with Gasteiger partial charge < -0.3 is 18.7 Å². The van der Waals surface area contributed by atoms with Crippen molar-refractivity contribution >= 4 is 22.2 Å². The van der Waals surface area contributed by atoms with E-state index in [0.29, 0.717) is 26.2 Å². The molecule has 0 bridgehead atoms. The minimum Gasteiger partial charge on any atom is -0.489 e. The van der Waals surface area contributed by atoms with Gasteiger partial charge in [0.2, 0.25) is 0 Å². The first-order chi connectivity index (χ1) is 21.7. The van der Waals surface area contributed by atoms with Gasteiger partial charge in [-0.2, -0.15) is 13.2 Å². The fraction of sp³-hybridized carbons (Fsp3) is 0.556. The van der Waals surface area contributed by atoms with Gasteiger partial charge in [0.25, 0.3) is 6.43 Å². The average Bonchev–Trinajstić information content (AvgIpc) is 2.94. The molecule has 0 aliphatic carbocycles. The van der Waals surface area contributed by atoms with Crippen LogP contribution in [0, 0.1) is 0 Å². The predicted molar refractivity (Wildman–Crippen MR) is 186 cm³/mol. The van der Waals surface area contributed by atoms with Crippen LogP contribution in [-0.2, 0) is 28.7 Å². The first-order valence-electron chi connectivity index (χ1n) is 15.9. The third-order valence-corrected chi connectivity index (χ3v) is 18.4. The maximum absolute atomic E-state index is 14.6. The second-order valence-electron chi connectivity index (χ2n) is 15.4. The second-order valence-corrected chi connectivity index (χ2v) is 25.0. The normalized spacial score (nSPS) is 16.0. The molecule has 12 heteroatoms. The van der Waals surface area contributed by atoms with E-state index in [-0.39, 0.29) is 28.0 Å². The molecule has 2 rings (SSSR count). The third-order valence-electron chi connectivity index (χ3n) is 9.42. The Morgan fingerprint density at radius 2 is 1.31 bits per heavy atom. The van der Waals surface area contributed by atoms with Crippen molar-refractivity contribution < 1.29 is 45.0 Å². The van der Waals surface area contributed by atoms with E-state index in [9.17, 15) is 31.4 Å². The fourth-order valence-electron chi connectivity index (χ4n) is 3.84. The first-order valence-corrected chi connectivity index (χ1v) is 21.7. The van der Waals surface area contributed by atoms with Crippen LogP contribution in [0.4, 0.5) is 26.3 Å². The predicted octanol–water partition coefficient (Wildman–Crippen LogP) is 11.2. The summed E-state index contributed by atoms with van der Waals surface area (Å²) >= 11 is 0. The van der Waals surface area contributed by atoms with Crippen molar-refractivity contribution in [3.63, 3.8) is 0 Å². The van der Waals surface area contributed by atoms with Gasteiger partial charge in [-0.3, -0.25) is 0 Å². The molecule has 2 atom stereocenters. The molecule has 0 heterocycles. The molecule has 4 nitrogen and oxygen atoms in total. The highest BCUT2D eigenvalue weighted by Gasteiger charge is 2.47. The number of halogens is 6. The van der Waals surface area contributed by atoms with E-state index < -0.39 is 46.6 Å². The molecule has 0 saturated heterocycles. The van der Waals surface area contributed by atoms with Crippen molar-refractivity contribution in [2.75, 3.05) is 0 Å². The number of hydrogen-bond acceptors (Lipinski definition) is 4. The summed E-state index contributed by atoms with van der Waals surface area (Å²) in [5, 5.41) is 9.69. The van der Waals surface area contributed by atoms with Crippen LogP contribution in [0.1, 0.15) is 70.7 Å². The monoisotopic (exact) mass is 718 g/mol. The van der Waals surface area contributed by atoms with E-state index in [1.165, 1.54) is 18.2 Å². The Hall–Kier alpha value is -2.39. The summed E-state index contributed by atoms with van der Waals surface area (Å²) in [6, 6.07) is 11.7. The second kappa shape index (κ2) is 15.7. The maximum atomic E-state index is 14.6. The molecule has 0 amide bonds. The zero-order valence-electron chi connectivity index (χ0n) is 30.0. The minimum atomic E-state index is -5.00. The standard InChI is InChI=1S/C36H52F6O4Si2/c1-33(2,3)47(8,9)45-23-27-18-17-25(20-28(27)24-46-48(10,11)34(4,5)6)22-44-29-15-12-14-26(21-29)30(31(37)32(38)39)16-13-19-35(7,43)36(40,41)42/h12-21,31-32,43H,22-24H2,1-11H3. The van der Waals surface area contributed by atoms with Crippen molar-refractivity contribution in [3.05, 3.63) is 82.9 Å². The molecular formula is C36H52F6O4Si2. The fourth-order valence-corrected chi connectivity index (χ4v) is 5.74. The van der Waals surface area contributed by atoms with E-state index in [2.05, 4.69) is 67.7 Å². The Morgan fingerprint density at radius 3 is 1.81 bits per heavy atom. The number of ether oxygens (including phenoxy) is 1. The summed E-state index contributed by atoms with van der Waals surface area (Å²) in [5.41, 5.74) is -0.986. The summed E-state index contributed by atoms with van der Waals surface area (Å²) in [6.45, 7) is 23.3. The minimum absolute atomic E-state index is 0.00168. The number of alkyl halides is 6. The van der Waals surface area contributed by atoms with Crippen LogP contribution in [0.15, 0.2) is 60.7 Å².